The Balaban J connectivity index is 2.14. The van der Waals surface area contributed by atoms with Crippen LogP contribution >= 0.6 is 0 Å². The van der Waals surface area contributed by atoms with Crippen LogP contribution in [0.5, 0.6) is 0 Å². The fourth-order valence-corrected chi connectivity index (χ4v) is 1.19. The van der Waals surface area contributed by atoms with E-state index in [-0.39, 0.29) is 0 Å². The molecule has 1 heterocycles. The number of rotatable bonds is 2. The van der Waals surface area contributed by atoms with Gasteiger partial charge in [0, 0.05) is 6.00 Å². The van der Waals surface area contributed by atoms with Gasteiger partial charge < -0.3 is 9.39 Å². The van der Waals surface area contributed by atoms with Crippen LogP contribution in [0.3, 0.4) is 0 Å². The van der Waals surface area contributed by atoms with E-state index in [0.717, 1.165) is 13.0 Å². The standard InChI is InChI=1S/C5H12B2O2/c6-5-2-1-4(9-5)3-8-7/h4-5H,1-3,6-7H2/t4-,5+/m0/s1. The molecule has 2 nitrogen and oxygen atoms in total. The lowest BCUT2D eigenvalue weighted by Gasteiger charge is -2.08. The van der Waals surface area contributed by atoms with Gasteiger partial charge in [-0.1, -0.05) is 0 Å². The van der Waals surface area contributed by atoms with Crippen LogP contribution in [0.4, 0.5) is 0 Å². The average molecular weight is 126 g/mol. The van der Waals surface area contributed by atoms with Gasteiger partial charge in [0.1, 0.15) is 7.85 Å². The van der Waals surface area contributed by atoms with E-state index >= 15 is 0 Å². The van der Waals surface area contributed by atoms with Crippen molar-refractivity contribution in [1.82, 2.24) is 0 Å². The summed E-state index contributed by atoms with van der Waals surface area (Å²) >= 11 is 0. The molecule has 1 fully saturated rings. The summed E-state index contributed by atoms with van der Waals surface area (Å²) in [5.74, 6) is 0. The Kier molecular flexibility index (Phi) is 2.61. The fourth-order valence-electron chi connectivity index (χ4n) is 1.19. The molecule has 0 aliphatic carbocycles. The molecule has 0 amide bonds. The molecule has 0 bridgehead atoms. The van der Waals surface area contributed by atoms with Crippen molar-refractivity contribution in [3.63, 3.8) is 0 Å². The number of hydrogen-bond acceptors (Lipinski definition) is 2. The first-order chi connectivity index (χ1) is 4.33. The largest absolute Gasteiger partial charge is 0.441 e. The minimum absolute atomic E-state index is 0.366. The highest BCUT2D eigenvalue weighted by molar-refractivity contribution is 6.11. The van der Waals surface area contributed by atoms with E-state index in [0.29, 0.717) is 12.1 Å². The van der Waals surface area contributed by atoms with E-state index in [1.807, 2.05) is 0 Å². The van der Waals surface area contributed by atoms with Crippen molar-refractivity contribution in [3.8, 4) is 0 Å². The van der Waals surface area contributed by atoms with Gasteiger partial charge in [-0.3, -0.25) is 0 Å². The number of hydrogen-bond donors (Lipinski definition) is 0. The Morgan fingerprint density at radius 3 is 2.78 bits per heavy atom. The van der Waals surface area contributed by atoms with Crippen LogP contribution in [0.15, 0.2) is 0 Å². The lowest BCUT2D eigenvalue weighted by atomic mass is 9.97. The van der Waals surface area contributed by atoms with Crippen molar-refractivity contribution >= 4 is 15.9 Å². The second-order valence-corrected chi connectivity index (χ2v) is 2.60. The van der Waals surface area contributed by atoms with Gasteiger partial charge in [-0.2, -0.15) is 0 Å². The molecule has 1 rings (SSSR count). The molecule has 2 atom stereocenters. The fraction of sp³-hybridized carbons (Fsp3) is 1.00. The SMILES string of the molecule is BOC[C@@H]1CC[C@H](B)O1. The zero-order valence-corrected chi connectivity index (χ0v) is 6.09. The van der Waals surface area contributed by atoms with Crippen LogP contribution in [0, 0.1) is 0 Å². The molecule has 50 valence electrons. The van der Waals surface area contributed by atoms with Crippen molar-refractivity contribution in [2.24, 2.45) is 0 Å². The monoisotopic (exact) mass is 126 g/mol. The van der Waals surface area contributed by atoms with E-state index < -0.39 is 0 Å². The minimum Gasteiger partial charge on any atom is -0.441 e. The van der Waals surface area contributed by atoms with Crippen LogP contribution in [-0.4, -0.2) is 34.6 Å². The van der Waals surface area contributed by atoms with Crippen molar-refractivity contribution in [2.75, 3.05) is 6.61 Å². The summed E-state index contributed by atoms with van der Waals surface area (Å²) in [6.07, 6.45) is 2.72. The highest BCUT2D eigenvalue weighted by Crippen LogP contribution is 2.16. The summed E-state index contributed by atoms with van der Waals surface area (Å²) in [5, 5.41) is 0. The molecule has 0 spiro atoms. The van der Waals surface area contributed by atoms with Crippen molar-refractivity contribution in [1.29, 1.82) is 0 Å². The van der Waals surface area contributed by atoms with E-state index in [9.17, 15) is 0 Å². The van der Waals surface area contributed by atoms with Gasteiger partial charge in [0.2, 0.25) is 0 Å². The Morgan fingerprint density at radius 1 is 1.56 bits per heavy atom. The molecule has 1 aliphatic heterocycles. The molecule has 0 unspecified atom stereocenters. The predicted octanol–water partition coefficient (Wildman–Crippen LogP) is -1.31. The zero-order valence-electron chi connectivity index (χ0n) is 6.09. The van der Waals surface area contributed by atoms with Gasteiger partial charge in [-0.15, -0.1) is 0 Å². The molecule has 0 aromatic heterocycles. The normalized spacial score (nSPS) is 35.1. The molecular weight excluding hydrogens is 114 g/mol. The van der Waals surface area contributed by atoms with Gasteiger partial charge in [0.05, 0.1) is 12.7 Å². The summed E-state index contributed by atoms with van der Waals surface area (Å²) in [6.45, 7) is 0.754. The highest BCUT2D eigenvalue weighted by Gasteiger charge is 2.20. The molecule has 0 aromatic carbocycles. The topological polar surface area (TPSA) is 18.5 Å². The smallest absolute Gasteiger partial charge is 0.257 e. The van der Waals surface area contributed by atoms with Gasteiger partial charge >= 0.3 is 0 Å². The molecule has 9 heavy (non-hydrogen) atoms. The lowest BCUT2D eigenvalue weighted by Crippen LogP contribution is -2.15. The number of ether oxygens (including phenoxy) is 1. The van der Waals surface area contributed by atoms with E-state index in [1.54, 1.807) is 8.05 Å². The maximum Gasteiger partial charge on any atom is 0.257 e. The second kappa shape index (κ2) is 3.28. The highest BCUT2D eigenvalue weighted by atomic mass is 16.5. The van der Waals surface area contributed by atoms with E-state index in [4.69, 9.17) is 9.39 Å². The zero-order chi connectivity index (χ0) is 6.69. The molecule has 0 N–H and O–H groups in total. The summed E-state index contributed by atoms with van der Waals surface area (Å²) in [5.41, 5.74) is 0. The van der Waals surface area contributed by atoms with Crippen molar-refractivity contribution in [3.05, 3.63) is 0 Å². The molecule has 0 saturated carbocycles. The summed E-state index contributed by atoms with van der Waals surface area (Å²) in [4.78, 5) is 0. The van der Waals surface area contributed by atoms with Gasteiger partial charge in [-0.05, 0) is 12.8 Å². The lowest BCUT2D eigenvalue weighted by molar-refractivity contribution is 0.0538. The van der Waals surface area contributed by atoms with E-state index in [1.165, 1.54) is 6.42 Å². The molecule has 0 radical (unpaired) electrons. The third-order valence-electron chi connectivity index (χ3n) is 1.67. The van der Waals surface area contributed by atoms with Crippen molar-refractivity contribution in [2.45, 2.75) is 24.9 Å². The van der Waals surface area contributed by atoms with Crippen LogP contribution in [0.2, 0.25) is 0 Å². The van der Waals surface area contributed by atoms with Crippen LogP contribution in [0.1, 0.15) is 12.8 Å². The molecule has 4 heteroatoms. The first kappa shape index (κ1) is 7.16. The van der Waals surface area contributed by atoms with Crippen LogP contribution < -0.4 is 0 Å². The van der Waals surface area contributed by atoms with E-state index in [2.05, 4.69) is 7.85 Å². The third kappa shape index (κ3) is 2.03. The molecule has 1 aliphatic rings. The summed E-state index contributed by atoms with van der Waals surface area (Å²) in [7, 11) is 3.82. The van der Waals surface area contributed by atoms with Gasteiger partial charge in [0.25, 0.3) is 8.05 Å². The van der Waals surface area contributed by atoms with Crippen LogP contribution in [0.25, 0.3) is 0 Å². The van der Waals surface area contributed by atoms with Gasteiger partial charge in [0.15, 0.2) is 0 Å². The van der Waals surface area contributed by atoms with Crippen LogP contribution in [-0.2, 0) is 9.39 Å². The Bertz CT molecular complexity index is 87.0. The Morgan fingerprint density at radius 2 is 2.33 bits per heavy atom. The maximum atomic E-state index is 5.48. The third-order valence-corrected chi connectivity index (χ3v) is 1.67. The van der Waals surface area contributed by atoms with Crippen molar-refractivity contribution < 1.29 is 9.39 Å². The Labute approximate surface area is 57.8 Å². The van der Waals surface area contributed by atoms with Gasteiger partial charge in [-0.25, -0.2) is 0 Å². The maximum absolute atomic E-state index is 5.48. The summed E-state index contributed by atoms with van der Waals surface area (Å²) < 4.78 is 10.4. The molecule has 1 saturated heterocycles. The summed E-state index contributed by atoms with van der Waals surface area (Å²) in [6, 6.07) is 0.449. The molecule has 0 aromatic rings. The quantitative estimate of drug-likeness (QED) is 0.427. The first-order valence-corrected chi connectivity index (χ1v) is 3.47. The minimum atomic E-state index is 0.366. The molecular formula is C5H12B2O2. The predicted molar refractivity (Wildman–Crippen MR) is 40.9 cm³/mol. The average Bonchev–Trinajstić information content (AvgIpc) is 2.17. The Hall–Kier alpha value is 0.0499. The second-order valence-electron chi connectivity index (χ2n) is 2.60. The first-order valence-electron chi connectivity index (χ1n) is 3.47.